The lowest BCUT2D eigenvalue weighted by atomic mass is 9.91. The van der Waals surface area contributed by atoms with Gasteiger partial charge in [-0.15, -0.1) is 0 Å². The Bertz CT molecular complexity index is 1180. The van der Waals surface area contributed by atoms with E-state index in [0.29, 0.717) is 41.5 Å². The number of benzene rings is 1. The van der Waals surface area contributed by atoms with Crippen LogP contribution in [0.5, 0.6) is 0 Å². The van der Waals surface area contributed by atoms with Crippen LogP contribution < -0.4 is 16.4 Å². The van der Waals surface area contributed by atoms with Crippen LogP contribution in [0.4, 0.5) is 10.6 Å². The highest BCUT2D eigenvalue weighted by atomic mass is 32.2. The summed E-state index contributed by atoms with van der Waals surface area (Å²) in [7, 11) is 0. The maximum absolute atomic E-state index is 12.3. The predicted molar refractivity (Wildman–Crippen MR) is 129 cm³/mol. The van der Waals surface area contributed by atoms with E-state index in [2.05, 4.69) is 17.1 Å². The van der Waals surface area contributed by atoms with Crippen LogP contribution in [0.1, 0.15) is 47.3 Å². The number of aliphatic hydroxyl groups is 1. The van der Waals surface area contributed by atoms with Crippen LogP contribution in [-0.2, 0) is 16.0 Å². The molecule has 0 saturated carbocycles. The fourth-order valence-corrected chi connectivity index (χ4v) is 5.07. The molecule has 2 aromatic rings. The average molecular weight is 495 g/mol. The summed E-state index contributed by atoms with van der Waals surface area (Å²) < 4.78 is 4.78. The maximum atomic E-state index is 12.3. The van der Waals surface area contributed by atoms with Gasteiger partial charge in [-0.1, -0.05) is 49.0 Å². The number of carbonyl (C=O) groups excluding carboxylic acids is 2. The van der Waals surface area contributed by atoms with Gasteiger partial charge in [-0.05, 0) is 30.4 Å². The minimum Gasteiger partial charge on any atom is -0.447 e. The Morgan fingerprint density at radius 1 is 1.20 bits per heavy atom. The fourth-order valence-electron chi connectivity index (χ4n) is 4.01. The van der Waals surface area contributed by atoms with Crippen molar-refractivity contribution in [1.82, 2.24) is 4.98 Å². The van der Waals surface area contributed by atoms with Crippen molar-refractivity contribution in [2.75, 3.05) is 24.6 Å². The van der Waals surface area contributed by atoms with E-state index in [-0.39, 0.29) is 30.6 Å². The van der Waals surface area contributed by atoms with Gasteiger partial charge in [0.25, 0.3) is 0 Å². The Morgan fingerprint density at radius 2 is 1.83 bits per heavy atom. The smallest absolute Gasteiger partial charge is 0.404 e. The lowest BCUT2D eigenvalue weighted by Gasteiger charge is -2.38. The number of rotatable bonds is 8. The van der Waals surface area contributed by atoms with Gasteiger partial charge < -0.3 is 26.2 Å². The number of ether oxygens (including phenoxy) is 1. The molecular weight excluding hydrogens is 468 g/mol. The molecule has 1 aliphatic rings. The molecule has 10 nitrogen and oxygen atoms in total. The van der Waals surface area contributed by atoms with Crippen LogP contribution in [0.3, 0.4) is 0 Å². The standard InChI is InChI=1S/C24H26N6O4S/c1-2-16-17(12-25)21(30-10-8-24(33,9-11-30)14-34-23(28)32)29-22(18(16)13-26)35-19(20(27)31)15-6-4-3-5-7-15/h3-7,19,33H,2,8-11,14H2,1H3,(H2,27,31)(H2,28,32). The zero-order valence-electron chi connectivity index (χ0n) is 19.2. The first-order valence-corrected chi connectivity index (χ1v) is 11.9. The van der Waals surface area contributed by atoms with Gasteiger partial charge in [-0.2, -0.15) is 10.5 Å². The summed E-state index contributed by atoms with van der Waals surface area (Å²) in [5.74, 6) is -0.201. The van der Waals surface area contributed by atoms with Crippen molar-refractivity contribution in [1.29, 1.82) is 10.5 Å². The molecular formula is C24H26N6O4S. The molecule has 5 N–H and O–H groups in total. The molecule has 11 heteroatoms. The number of pyridine rings is 1. The number of thioether (sulfide) groups is 1. The fraction of sp³-hybridized carbons (Fsp3) is 0.375. The van der Waals surface area contributed by atoms with Crippen molar-refractivity contribution in [3.63, 3.8) is 0 Å². The maximum Gasteiger partial charge on any atom is 0.404 e. The molecule has 1 saturated heterocycles. The summed E-state index contributed by atoms with van der Waals surface area (Å²) >= 11 is 1.07. The summed E-state index contributed by atoms with van der Waals surface area (Å²) in [6.45, 7) is 2.28. The highest BCUT2D eigenvalue weighted by Crippen LogP contribution is 2.40. The zero-order chi connectivity index (χ0) is 25.6. The number of aromatic nitrogens is 1. The molecule has 3 rings (SSSR count). The van der Waals surface area contributed by atoms with Gasteiger partial charge in [-0.25, -0.2) is 9.78 Å². The summed E-state index contributed by atoms with van der Waals surface area (Å²) in [5.41, 5.74) is 11.2. The number of hydrogen-bond donors (Lipinski definition) is 3. The summed E-state index contributed by atoms with van der Waals surface area (Å²) in [4.78, 5) is 29.8. The molecule has 182 valence electrons. The summed E-state index contributed by atoms with van der Waals surface area (Å²) in [6, 6.07) is 13.3. The molecule has 1 aromatic heterocycles. The first-order chi connectivity index (χ1) is 16.7. The van der Waals surface area contributed by atoms with Crippen molar-refractivity contribution >= 4 is 29.6 Å². The van der Waals surface area contributed by atoms with E-state index in [0.717, 1.165) is 11.8 Å². The van der Waals surface area contributed by atoms with Crippen LogP contribution in [0, 0.1) is 22.7 Å². The average Bonchev–Trinajstić information content (AvgIpc) is 2.86. The largest absolute Gasteiger partial charge is 0.447 e. The quantitative estimate of drug-likeness (QED) is 0.463. The van der Waals surface area contributed by atoms with Gasteiger partial charge in [0.2, 0.25) is 5.91 Å². The predicted octanol–water partition coefficient (Wildman–Crippen LogP) is 2.13. The van der Waals surface area contributed by atoms with E-state index in [1.165, 1.54) is 0 Å². The number of carbonyl (C=O) groups is 2. The topological polar surface area (TPSA) is 179 Å². The van der Waals surface area contributed by atoms with Crippen LogP contribution in [-0.4, -0.2) is 47.4 Å². The SMILES string of the molecule is CCc1c(C#N)c(SC(C(N)=O)c2ccccc2)nc(N2CCC(O)(COC(N)=O)CC2)c1C#N. The molecule has 2 amide bonds. The van der Waals surface area contributed by atoms with Crippen LogP contribution >= 0.6 is 11.8 Å². The Morgan fingerprint density at radius 3 is 2.34 bits per heavy atom. The third-order valence-electron chi connectivity index (χ3n) is 5.89. The summed E-state index contributed by atoms with van der Waals surface area (Å²) in [5, 5.41) is 30.1. The third-order valence-corrected chi connectivity index (χ3v) is 7.15. The summed E-state index contributed by atoms with van der Waals surface area (Å²) in [6.07, 6.45) is -0.0424. The van der Waals surface area contributed by atoms with Crippen LogP contribution in [0.25, 0.3) is 0 Å². The van der Waals surface area contributed by atoms with E-state index in [9.17, 15) is 25.2 Å². The first kappa shape index (κ1) is 25.8. The molecule has 35 heavy (non-hydrogen) atoms. The Kier molecular flexibility index (Phi) is 8.18. The van der Waals surface area contributed by atoms with E-state index >= 15 is 0 Å². The Hall–Kier alpha value is -3.80. The van der Waals surface area contributed by atoms with Crippen molar-refractivity contribution in [2.24, 2.45) is 11.5 Å². The minimum atomic E-state index is -1.24. The molecule has 1 unspecified atom stereocenters. The van der Waals surface area contributed by atoms with E-state index in [1.54, 1.807) is 24.3 Å². The van der Waals surface area contributed by atoms with E-state index < -0.39 is 22.9 Å². The molecule has 1 atom stereocenters. The lowest BCUT2D eigenvalue weighted by Crippen LogP contribution is -2.48. The van der Waals surface area contributed by atoms with Crippen LogP contribution in [0.15, 0.2) is 35.4 Å². The van der Waals surface area contributed by atoms with Gasteiger partial charge in [0.1, 0.15) is 40.4 Å². The van der Waals surface area contributed by atoms with Gasteiger partial charge >= 0.3 is 6.09 Å². The van der Waals surface area contributed by atoms with Crippen molar-refractivity contribution < 1.29 is 19.4 Å². The second-order valence-corrected chi connectivity index (χ2v) is 9.27. The normalized spacial score (nSPS) is 15.5. The minimum absolute atomic E-state index is 0.221. The van der Waals surface area contributed by atoms with Crippen LogP contribution in [0.2, 0.25) is 0 Å². The molecule has 2 heterocycles. The number of hydrogen-bond acceptors (Lipinski definition) is 9. The zero-order valence-corrected chi connectivity index (χ0v) is 20.0. The molecule has 0 spiro atoms. The molecule has 1 aliphatic heterocycles. The second kappa shape index (κ2) is 11.1. The van der Waals surface area contributed by atoms with E-state index in [4.69, 9.17) is 16.2 Å². The monoisotopic (exact) mass is 494 g/mol. The highest BCUT2D eigenvalue weighted by molar-refractivity contribution is 8.00. The first-order valence-electron chi connectivity index (χ1n) is 11.0. The van der Waals surface area contributed by atoms with Crippen molar-refractivity contribution in [3.05, 3.63) is 52.6 Å². The van der Waals surface area contributed by atoms with Gasteiger partial charge in [0, 0.05) is 13.1 Å². The number of anilines is 1. The molecule has 0 aliphatic carbocycles. The molecule has 0 radical (unpaired) electrons. The van der Waals surface area contributed by atoms with Gasteiger partial charge in [-0.3, -0.25) is 4.79 Å². The number of nitriles is 2. The number of nitrogens with two attached hydrogens (primary N) is 2. The van der Waals surface area contributed by atoms with Crippen molar-refractivity contribution in [3.8, 4) is 12.1 Å². The number of piperidine rings is 1. The van der Waals surface area contributed by atoms with Crippen molar-refractivity contribution in [2.45, 2.75) is 42.1 Å². The molecule has 0 bridgehead atoms. The third kappa shape index (κ3) is 5.83. The molecule has 1 fully saturated rings. The Balaban J connectivity index is 2.00. The molecule has 1 aromatic carbocycles. The Labute approximate surface area is 207 Å². The number of nitrogens with zero attached hydrogens (tertiary/aromatic N) is 4. The highest BCUT2D eigenvalue weighted by Gasteiger charge is 2.36. The number of amides is 2. The second-order valence-electron chi connectivity index (χ2n) is 8.18. The van der Waals surface area contributed by atoms with E-state index in [1.807, 2.05) is 17.9 Å². The van der Waals surface area contributed by atoms with Gasteiger partial charge in [0.05, 0.1) is 11.1 Å². The number of primary amides is 2. The lowest BCUT2D eigenvalue weighted by molar-refractivity contribution is -0.117. The van der Waals surface area contributed by atoms with Gasteiger partial charge in [0.15, 0.2) is 0 Å².